The molecule has 5 heteroatoms. The van der Waals surface area contributed by atoms with Crippen molar-refractivity contribution in [3.63, 3.8) is 0 Å². The summed E-state index contributed by atoms with van der Waals surface area (Å²) in [5.74, 6) is 0. The van der Waals surface area contributed by atoms with E-state index in [0.717, 1.165) is 28.1 Å². The molecule has 2 N–H and O–H groups in total. The first-order valence-corrected chi connectivity index (χ1v) is 8.97. The van der Waals surface area contributed by atoms with Gasteiger partial charge in [0.2, 0.25) is 0 Å². The Morgan fingerprint density at radius 1 is 1.12 bits per heavy atom. The molecule has 0 fully saturated rings. The normalized spacial score (nSPS) is 17.5. The summed E-state index contributed by atoms with van der Waals surface area (Å²) in [7, 11) is 0. The minimum absolute atomic E-state index is 0.0280. The molecular weight excluding hydrogens is 355 g/mol. The maximum Gasteiger partial charge on any atom is 0.0761 e. The highest BCUT2D eigenvalue weighted by molar-refractivity contribution is 6.42. The lowest BCUT2D eigenvalue weighted by Crippen LogP contribution is -2.21. The molecule has 0 amide bonds. The Morgan fingerprint density at radius 2 is 1.88 bits per heavy atom. The van der Waals surface area contributed by atoms with Crippen LogP contribution in [0.2, 0.25) is 10.0 Å². The minimum atomic E-state index is -0.467. The Balaban J connectivity index is 1.80. The molecule has 25 heavy (non-hydrogen) atoms. The third-order valence-corrected chi connectivity index (χ3v) is 5.59. The lowest BCUT2D eigenvalue weighted by Gasteiger charge is -2.18. The van der Waals surface area contributed by atoms with Crippen LogP contribution < -0.4 is 5.32 Å². The van der Waals surface area contributed by atoms with Crippen molar-refractivity contribution >= 4 is 23.2 Å². The Labute approximate surface area is 156 Å². The minimum Gasteiger partial charge on any atom is -0.389 e. The van der Waals surface area contributed by atoms with Crippen LogP contribution >= 0.6 is 23.2 Å². The van der Waals surface area contributed by atoms with Crippen LogP contribution in [0.3, 0.4) is 0 Å². The molecule has 1 aliphatic heterocycles. The number of nitrogens with one attached hydrogen (secondary N) is 1. The predicted octanol–water partition coefficient (Wildman–Crippen LogP) is 5.03. The number of aliphatic hydroxyl groups is 1. The molecule has 0 bridgehead atoms. The van der Waals surface area contributed by atoms with Gasteiger partial charge in [0.25, 0.3) is 0 Å². The second-order valence-corrected chi connectivity index (χ2v) is 7.10. The highest BCUT2D eigenvalue weighted by atomic mass is 35.5. The fourth-order valence-electron chi connectivity index (χ4n) is 3.39. The molecule has 0 spiro atoms. The number of rotatable bonds is 2. The zero-order chi connectivity index (χ0) is 17.6. The summed E-state index contributed by atoms with van der Waals surface area (Å²) in [4.78, 5) is 0. The number of fused-ring (bicyclic) bond motifs is 3. The summed E-state index contributed by atoms with van der Waals surface area (Å²) in [6.45, 7) is 2.39. The topological polar surface area (TPSA) is 37.2 Å². The van der Waals surface area contributed by atoms with E-state index in [2.05, 4.69) is 28.1 Å². The summed E-state index contributed by atoms with van der Waals surface area (Å²) in [5, 5.41) is 14.5. The molecule has 0 saturated heterocycles. The molecule has 1 aromatic heterocycles. The van der Waals surface area contributed by atoms with Crippen LogP contribution in [0.15, 0.2) is 54.7 Å². The molecule has 4 rings (SSSR count). The van der Waals surface area contributed by atoms with E-state index < -0.39 is 6.10 Å². The standard InChI is InChI=1S/C20H18Cl2N2O/c1-12(25)13-4-6-14(7-5-13)20-18-3-2-10-24(18)17-9-8-16(21)19(22)15(17)11-23-20/h2-10,12,20,23,25H,11H2,1H3. The van der Waals surface area contributed by atoms with Crippen LogP contribution in [-0.2, 0) is 6.54 Å². The predicted molar refractivity (Wildman–Crippen MR) is 102 cm³/mol. The van der Waals surface area contributed by atoms with Gasteiger partial charge in [0, 0.05) is 24.0 Å². The van der Waals surface area contributed by atoms with Crippen molar-refractivity contribution < 1.29 is 5.11 Å². The molecule has 2 unspecified atom stereocenters. The first-order valence-electron chi connectivity index (χ1n) is 8.22. The van der Waals surface area contributed by atoms with E-state index in [1.54, 1.807) is 6.92 Å². The highest BCUT2D eigenvalue weighted by Gasteiger charge is 2.24. The molecule has 128 valence electrons. The average Bonchev–Trinajstić information content (AvgIpc) is 3.02. The number of benzene rings is 2. The number of aliphatic hydroxyl groups excluding tert-OH is 1. The van der Waals surface area contributed by atoms with Crippen molar-refractivity contribution in [3.8, 4) is 5.69 Å². The molecule has 3 nitrogen and oxygen atoms in total. The highest BCUT2D eigenvalue weighted by Crippen LogP contribution is 2.36. The lowest BCUT2D eigenvalue weighted by atomic mass is 10.0. The molecule has 2 atom stereocenters. The van der Waals surface area contributed by atoms with Gasteiger partial charge in [0.15, 0.2) is 0 Å². The average molecular weight is 373 g/mol. The van der Waals surface area contributed by atoms with Gasteiger partial charge in [-0.1, -0.05) is 47.5 Å². The van der Waals surface area contributed by atoms with Crippen LogP contribution in [0.5, 0.6) is 0 Å². The number of aromatic nitrogens is 1. The lowest BCUT2D eigenvalue weighted by molar-refractivity contribution is 0.199. The van der Waals surface area contributed by atoms with Gasteiger partial charge in [-0.25, -0.2) is 0 Å². The molecule has 3 aromatic rings. The van der Waals surface area contributed by atoms with Gasteiger partial charge < -0.3 is 15.0 Å². The van der Waals surface area contributed by atoms with Crippen molar-refractivity contribution in [1.82, 2.24) is 9.88 Å². The number of hydrogen-bond acceptors (Lipinski definition) is 2. The molecule has 1 aliphatic rings. The molecular formula is C20H18Cl2N2O. The summed E-state index contributed by atoms with van der Waals surface area (Å²) in [6.07, 6.45) is 1.58. The van der Waals surface area contributed by atoms with Crippen LogP contribution in [0.1, 0.15) is 41.5 Å². The van der Waals surface area contributed by atoms with E-state index in [9.17, 15) is 5.11 Å². The number of halogens is 2. The fourth-order valence-corrected chi connectivity index (χ4v) is 3.79. The Bertz CT molecular complexity index is 916. The fraction of sp³-hybridized carbons (Fsp3) is 0.200. The monoisotopic (exact) mass is 372 g/mol. The van der Waals surface area contributed by atoms with Gasteiger partial charge in [-0.2, -0.15) is 0 Å². The van der Waals surface area contributed by atoms with Crippen molar-refractivity contribution in [2.24, 2.45) is 0 Å². The zero-order valence-electron chi connectivity index (χ0n) is 13.7. The van der Waals surface area contributed by atoms with Crippen LogP contribution in [-0.4, -0.2) is 9.67 Å². The van der Waals surface area contributed by atoms with Crippen molar-refractivity contribution in [3.05, 3.63) is 87.2 Å². The third-order valence-electron chi connectivity index (χ3n) is 4.74. The van der Waals surface area contributed by atoms with Gasteiger partial charge in [-0.3, -0.25) is 0 Å². The van der Waals surface area contributed by atoms with E-state index in [4.69, 9.17) is 23.2 Å². The van der Waals surface area contributed by atoms with Crippen LogP contribution in [0, 0.1) is 0 Å². The Morgan fingerprint density at radius 3 is 2.60 bits per heavy atom. The maximum atomic E-state index is 9.72. The second kappa shape index (κ2) is 6.50. The van der Waals surface area contributed by atoms with E-state index in [1.807, 2.05) is 36.5 Å². The summed E-state index contributed by atoms with van der Waals surface area (Å²) in [6, 6.07) is 16.1. The molecule has 2 aromatic carbocycles. The van der Waals surface area contributed by atoms with Crippen LogP contribution in [0.4, 0.5) is 0 Å². The van der Waals surface area contributed by atoms with Crippen LogP contribution in [0.25, 0.3) is 5.69 Å². The summed E-state index contributed by atoms with van der Waals surface area (Å²) in [5.41, 5.74) is 5.23. The number of nitrogens with zero attached hydrogens (tertiary/aromatic N) is 1. The van der Waals surface area contributed by atoms with Crippen molar-refractivity contribution in [2.75, 3.05) is 0 Å². The van der Waals surface area contributed by atoms with Gasteiger partial charge in [0.1, 0.15) is 0 Å². The smallest absolute Gasteiger partial charge is 0.0761 e. The van der Waals surface area contributed by atoms with E-state index in [-0.39, 0.29) is 6.04 Å². The Hall–Kier alpha value is -1.78. The van der Waals surface area contributed by atoms with Crippen molar-refractivity contribution in [1.29, 1.82) is 0 Å². The van der Waals surface area contributed by atoms with Crippen molar-refractivity contribution in [2.45, 2.75) is 25.6 Å². The molecule has 0 radical (unpaired) electrons. The third kappa shape index (κ3) is 2.87. The molecule has 2 heterocycles. The van der Waals surface area contributed by atoms with E-state index >= 15 is 0 Å². The SMILES string of the molecule is CC(O)c1ccc(C2NCc3c(ccc(Cl)c3Cl)-n3cccc32)cc1. The van der Waals surface area contributed by atoms with E-state index in [0.29, 0.717) is 16.6 Å². The first kappa shape index (κ1) is 16.7. The van der Waals surface area contributed by atoms with Gasteiger partial charge >= 0.3 is 0 Å². The Kier molecular flexibility index (Phi) is 4.34. The first-order chi connectivity index (χ1) is 12.1. The summed E-state index contributed by atoms with van der Waals surface area (Å²) >= 11 is 12.7. The molecule has 0 aliphatic carbocycles. The number of hydrogen-bond donors (Lipinski definition) is 2. The summed E-state index contributed by atoms with van der Waals surface area (Å²) < 4.78 is 2.16. The van der Waals surface area contributed by atoms with Gasteiger partial charge in [0.05, 0.1) is 27.9 Å². The second-order valence-electron chi connectivity index (χ2n) is 6.32. The quantitative estimate of drug-likeness (QED) is 0.661. The van der Waals surface area contributed by atoms with Gasteiger partial charge in [-0.15, -0.1) is 0 Å². The molecule has 0 saturated carbocycles. The van der Waals surface area contributed by atoms with Gasteiger partial charge in [-0.05, 0) is 42.3 Å². The zero-order valence-corrected chi connectivity index (χ0v) is 15.2. The maximum absolute atomic E-state index is 9.72. The largest absolute Gasteiger partial charge is 0.389 e. The van der Waals surface area contributed by atoms with E-state index in [1.165, 1.54) is 0 Å².